The van der Waals surface area contributed by atoms with Crippen molar-refractivity contribution in [2.75, 3.05) is 19.8 Å². The van der Waals surface area contributed by atoms with Crippen LogP contribution < -0.4 is 0 Å². The second-order valence-corrected chi connectivity index (χ2v) is 3.24. The van der Waals surface area contributed by atoms with Gasteiger partial charge < -0.3 is 4.74 Å². The van der Waals surface area contributed by atoms with Crippen LogP contribution in [0.5, 0.6) is 0 Å². The van der Waals surface area contributed by atoms with Crippen LogP contribution in [0.1, 0.15) is 19.8 Å². The van der Waals surface area contributed by atoms with Crippen LogP contribution in [0.25, 0.3) is 0 Å². The van der Waals surface area contributed by atoms with Crippen molar-refractivity contribution >= 4 is 0 Å². The smallest absolute Gasteiger partial charge is 0.0807 e. The van der Waals surface area contributed by atoms with E-state index in [1.807, 2.05) is 0 Å². The first-order valence-electron chi connectivity index (χ1n) is 4.41. The van der Waals surface area contributed by atoms with Crippen molar-refractivity contribution in [3.8, 4) is 0 Å². The van der Waals surface area contributed by atoms with Gasteiger partial charge in [-0.2, -0.15) is 5.06 Å². The second-order valence-electron chi connectivity index (χ2n) is 3.24. The molecule has 0 spiro atoms. The quantitative estimate of drug-likeness (QED) is 0.562. The summed E-state index contributed by atoms with van der Waals surface area (Å²) < 4.78 is 5.35. The van der Waals surface area contributed by atoms with Crippen molar-refractivity contribution in [2.24, 2.45) is 0 Å². The first kappa shape index (κ1) is 7.53. The average molecular weight is 157 g/mol. The van der Waals surface area contributed by atoms with E-state index in [0.29, 0.717) is 12.1 Å². The first-order valence-corrected chi connectivity index (χ1v) is 4.41. The molecular weight excluding hydrogens is 142 g/mol. The maximum Gasteiger partial charge on any atom is 0.0807 e. The van der Waals surface area contributed by atoms with Gasteiger partial charge in [-0.1, -0.05) is 6.92 Å². The summed E-state index contributed by atoms with van der Waals surface area (Å²) in [5.41, 5.74) is 0. The lowest BCUT2D eigenvalue weighted by atomic mass is 10.1. The maximum absolute atomic E-state index is 5.67. The van der Waals surface area contributed by atoms with Gasteiger partial charge in [0, 0.05) is 6.54 Å². The van der Waals surface area contributed by atoms with Crippen LogP contribution in [0.4, 0.5) is 0 Å². The van der Waals surface area contributed by atoms with Crippen molar-refractivity contribution in [3.63, 3.8) is 0 Å². The van der Waals surface area contributed by atoms with Gasteiger partial charge in [-0.25, -0.2) is 0 Å². The Morgan fingerprint density at radius 1 is 1.55 bits per heavy atom. The molecule has 3 nitrogen and oxygen atoms in total. The predicted octanol–water partition coefficient (Wildman–Crippen LogP) is 0.801. The van der Waals surface area contributed by atoms with Crippen LogP contribution in [-0.4, -0.2) is 37.0 Å². The van der Waals surface area contributed by atoms with E-state index in [-0.39, 0.29) is 0 Å². The number of hydroxylamine groups is 2. The van der Waals surface area contributed by atoms with Crippen LogP contribution in [0.3, 0.4) is 0 Å². The third kappa shape index (κ3) is 1.41. The summed E-state index contributed by atoms with van der Waals surface area (Å²) in [5.74, 6) is 0. The molecule has 2 aliphatic heterocycles. The molecule has 0 radical (unpaired) electrons. The summed E-state index contributed by atoms with van der Waals surface area (Å²) >= 11 is 0. The van der Waals surface area contributed by atoms with Gasteiger partial charge in [0.15, 0.2) is 0 Å². The number of hydrogen-bond acceptors (Lipinski definition) is 3. The Morgan fingerprint density at radius 3 is 3.18 bits per heavy atom. The second kappa shape index (κ2) is 3.09. The highest BCUT2D eigenvalue weighted by Crippen LogP contribution is 2.24. The normalized spacial score (nSPS) is 39.0. The van der Waals surface area contributed by atoms with Crippen molar-refractivity contribution in [3.05, 3.63) is 0 Å². The van der Waals surface area contributed by atoms with Crippen molar-refractivity contribution < 1.29 is 9.57 Å². The molecule has 2 saturated heterocycles. The molecule has 2 atom stereocenters. The molecule has 0 aromatic rings. The van der Waals surface area contributed by atoms with E-state index in [1.165, 1.54) is 0 Å². The van der Waals surface area contributed by atoms with E-state index in [0.717, 1.165) is 32.6 Å². The van der Waals surface area contributed by atoms with E-state index < -0.39 is 0 Å². The molecule has 2 heterocycles. The number of hydrogen-bond donors (Lipinski definition) is 0. The lowest BCUT2D eigenvalue weighted by Crippen LogP contribution is -2.39. The highest BCUT2D eigenvalue weighted by atomic mass is 16.7. The summed E-state index contributed by atoms with van der Waals surface area (Å²) in [5, 5.41) is 2.09. The molecule has 0 bridgehead atoms. The Bertz CT molecular complexity index is 126. The van der Waals surface area contributed by atoms with Gasteiger partial charge in [0.2, 0.25) is 0 Å². The highest BCUT2D eigenvalue weighted by Gasteiger charge is 2.34. The SMILES string of the molecule is CCC1CC2COCCN2O1. The zero-order valence-corrected chi connectivity index (χ0v) is 6.95. The monoisotopic (exact) mass is 157 g/mol. The molecule has 0 N–H and O–H groups in total. The Hall–Kier alpha value is -0.120. The number of ether oxygens (including phenoxy) is 1. The zero-order valence-electron chi connectivity index (χ0n) is 6.95. The van der Waals surface area contributed by atoms with Crippen LogP contribution in [-0.2, 0) is 9.57 Å². The minimum absolute atomic E-state index is 0.446. The Morgan fingerprint density at radius 2 is 2.45 bits per heavy atom. The lowest BCUT2D eigenvalue weighted by molar-refractivity contribution is -0.196. The van der Waals surface area contributed by atoms with E-state index >= 15 is 0 Å². The van der Waals surface area contributed by atoms with Crippen LogP contribution in [0.15, 0.2) is 0 Å². The van der Waals surface area contributed by atoms with Gasteiger partial charge >= 0.3 is 0 Å². The predicted molar refractivity (Wildman–Crippen MR) is 41.1 cm³/mol. The van der Waals surface area contributed by atoms with Gasteiger partial charge in [-0.05, 0) is 12.8 Å². The summed E-state index contributed by atoms with van der Waals surface area (Å²) in [6.45, 7) is 4.80. The third-order valence-corrected chi connectivity index (χ3v) is 2.45. The average Bonchev–Trinajstić information content (AvgIpc) is 2.46. The Labute approximate surface area is 67.2 Å². The molecular formula is C8H15NO2. The molecule has 0 amide bonds. The molecule has 2 rings (SSSR count). The number of nitrogens with zero attached hydrogens (tertiary/aromatic N) is 1. The Kier molecular flexibility index (Phi) is 2.11. The molecule has 3 heteroatoms. The lowest BCUT2D eigenvalue weighted by Gasteiger charge is -2.26. The summed E-state index contributed by atoms with van der Waals surface area (Å²) in [7, 11) is 0. The van der Waals surface area contributed by atoms with E-state index in [2.05, 4.69) is 12.0 Å². The van der Waals surface area contributed by atoms with E-state index in [4.69, 9.17) is 9.57 Å². The maximum atomic E-state index is 5.67. The molecule has 0 aromatic heterocycles. The summed E-state index contributed by atoms with van der Waals surface area (Å²) in [4.78, 5) is 5.67. The van der Waals surface area contributed by atoms with Gasteiger partial charge in [0.25, 0.3) is 0 Å². The van der Waals surface area contributed by atoms with Gasteiger partial charge in [-0.3, -0.25) is 4.84 Å². The molecule has 64 valence electrons. The molecule has 0 aromatic carbocycles. The molecule has 2 fully saturated rings. The number of fused-ring (bicyclic) bond motifs is 1. The zero-order chi connectivity index (χ0) is 7.68. The fourth-order valence-electron chi connectivity index (χ4n) is 1.74. The third-order valence-electron chi connectivity index (χ3n) is 2.45. The van der Waals surface area contributed by atoms with Crippen molar-refractivity contribution in [2.45, 2.75) is 31.9 Å². The Balaban J connectivity index is 1.92. The van der Waals surface area contributed by atoms with Crippen molar-refractivity contribution in [1.82, 2.24) is 5.06 Å². The number of morpholine rings is 1. The molecule has 0 aliphatic carbocycles. The highest BCUT2D eigenvalue weighted by molar-refractivity contribution is 4.79. The first-order chi connectivity index (χ1) is 5.40. The summed E-state index contributed by atoms with van der Waals surface area (Å²) in [6.07, 6.45) is 2.71. The minimum atomic E-state index is 0.446. The topological polar surface area (TPSA) is 21.7 Å². The molecule has 11 heavy (non-hydrogen) atoms. The fourth-order valence-corrected chi connectivity index (χ4v) is 1.74. The van der Waals surface area contributed by atoms with Gasteiger partial charge in [0.05, 0.1) is 25.4 Å². The van der Waals surface area contributed by atoms with Crippen LogP contribution >= 0.6 is 0 Å². The van der Waals surface area contributed by atoms with Crippen LogP contribution in [0.2, 0.25) is 0 Å². The molecule has 0 saturated carbocycles. The number of rotatable bonds is 1. The van der Waals surface area contributed by atoms with Gasteiger partial charge in [0.1, 0.15) is 0 Å². The van der Waals surface area contributed by atoms with Crippen LogP contribution in [0, 0.1) is 0 Å². The molecule has 2 unspecified atom stereocenters. The molecule has 2 aliphatic rings. The van der Waals surface area contributed by atoms with Gasteiger partial charge in [-0.15, -0.1) is 0 Å². The van der Waals surface area contributed by atoms with Crippen molar-refractivity contribution in [1.29, 1.82) is 0 Å². The largest absolute Gasteiger partial charge is 0.378 e. The minimum Gasteiger partial charge on any atom is -0.378 e. The van der Waals surface area contributed by atoms with E-state index in [1.54, 1.807) is 0 Å². The standard InChI is InChI=1S/C8H15NO2/c1-2-8-5-7-6-10-4-3-9(7)11-8/h7-8H,2-6H2,1H3. The fraction of sp³-hybridized carbons (Fsp3) is 1.00. The summed E-state index contributed by atoms with van der Waals surface area (Å²) in [6, 6.07) is 0.536. The van der Waals surface area contributed by atoms with E-state index in [9.17, 15) is 0 Å².